The number of nitrogens with one attached hydrogen (secondary N) is 2. The van der Waals surface area contributed by atoms with E-state index in [1.165, 1.54) is 4.90 Å². The summed E-state index contributed by atoms with van der Waals surface area (Å²) in [5, 5.41) is 14.6. The van der Waals surface area contributed by atoms with E-state index in [-0.39, 0.29) is 13.0 Å². The first-order chi connectivity index (χ1) is 16.7. The van der Waals surface area contributed by atoms with Crippen molar-refractivity contribution in [2.45, 2.75) is 44.9 Å². The summed E-state index contributed by atoms with van der Waals surface area (Å²) in [5.41, 5.74) is 1.23. The van der Waals surface area contributed by atoms with Gasteiger partial charge in [0.05, 0.1) is 12.6 Å². The van der Waals surface area contributed by atoms with Crippen LogP contribution in [0.5, 0.6) is 0 Å². The number of aliphatic hydroxyl groups excluding tert-OH is 1. The van der Waals surface area contributed by atoms with Crippen LogP contribution in [0.25, 0.3) is 0 Å². The van der Waals surface area contributed by atoms with E-state index in [0.717, 1.165) is 0 Å². The van der Waals surface area contributed by atoms with Crippen molar-refractivity contribution in [3.05, 3.63) is 71.8 Å². The van der Waals surface area contributed by atoms with E-state index in [4.69, 9.17) is 4.74 Å². The zero-order valence-electron chi connectivity index (χ0n) is 19.7. The van der Waals surface area contributed by atoms with Crippen molar-refractivity contribution in [2.24, 2.45) is 0 Å². The second-order valence-corrected chi connectivity index (χ2v) is 7.82. The lowest BCUT2D eigenvalue weighted by molar-refractivity contribution is -0.167. The second-order valence-electron chi connectivity index (χ2n) is 7.82. The summed E-state index contributed by atoms with van der Waals surface area (Å²) in [6.45, 7) is 3.41. The molecule has 0 radical (unpaired) electrons. The average Bonchev–Trinajstić information content (AvgIpc) is 2.87. The minimum atomic E-state index is -4.30. The van der Waals surface area contributed by atoms with E-state index in [0.29, 0.717) is 24.2 Å². The van der Waals surface area contributed by atoms with E-state index < -0.39 is 42.5 Å². The van der Waals surface area contributed by atoms with Crippen LogP contribution in [0, 0.1) is 0 Å². The largest absolute Gasteiger partial charge is 0.445 e. The Hall–Kier alpha value is -3.53. The predicted octanol–water partition coefficient (Wildman–Crippen LogP) is 2.50. The molecule has 3 amide bonds. The van der Waals surface area contributed by atoms with Crippen molar-refractivity contribution in [1.82, 2.24) is 15.5 Å². The van der Waals surface area contributed by atoms with Gasteiger partial charge in [-0.05, 0) is 31.4 Å². The van der Waals surface area contributed by atoms with Crippen molar-refractivity contribution in [1.29, 1.82) is 0 Å². The number of hydrogen-bond acceptors (Lipinski definition) is 5. The molecule has 190 valence electrons. The Morgan fingerprint density at radius 2 is 1.51 bits per heavy atom. The van der Waals surface area contributed by atoms with Crippen LogP contribution in [0.15, 0.2) is 60.7 Å². The van der Waals surface area contributed by atoms with Gasteiger partial charge in [-0.2, -0.15) is 8.78 Å². The quantitative estimate of drug-likeness (QED) is 0.423. The highest BCUT2D eigenvalue weighted by Crippen LogP contribution is 2.24. The summed E-state index contributed by atoms with van der Waals surface area (Å²) in [5.74, 6) is -6.64. The van der Waals surface area contributed by atoms with Gasteiger partial charge in [0.25, 0.3) is 5.91 Å². The van der Waals surface area contributed by atoms with Crippen molar-refractivity contribution in [2.75, 3.05) is 19.6 Å². The standard InChI is InChI=1S/C25H31F2N3O5/c1-3-30(4-2)21(31)16-28-23(33)25(26,27)22(32)20(15-18-11-7-5-8-12-18)29-24(34)35-17-19-13-9-6-10-14-19/h5-14,20,22,32H,3-4,15-17H2,1-2H3,(H,28,33)(H,29,34). The topological polar surface area (TPSA) is 108 Å². The number of rotatable bonds is 12. The molecule has 0 spiro atoms. The van der Waals surface area contributed by atoms with E-state index in [1.54, 1.807) is 74.5 Å². The molecule has 35 heavy (non-hydrogen) atoms. The smallest absolute Gasteiger partial charge is 0.407 e. The minimum absolute atomic E-state index is 0.106. The molecule has 0 fully saturated rings. The fourth-order valence-electron chi connectivity index (χ4n) is 3.37. The SMILES string of the molecule is CCN(CC)C(=O)CNC(=O)C(F)(F)C(O)C(Cc1ccccc1)NC(=O)OCc1ccccc1. The lowest BCUT2D eigenvalue weighted by atomic mass is 9.96. The molecule has 2 atom stereocenters. The Kier molecular flexibility index (Phi) is 10.6. The third-order valence-corrected chi connectivity index (χ3v) is 5.39. The first-order valence-electron chi connectivity index (χ1n) is 11.3. The van der Waals surface area contributed by atoms with Crippen molar-refractivity contribution < 1.29 is 33.0 Å². The first-order valence-corrected chi connectivity index (χ1v) is 11.3. The number of nitrogens with zero attached hydrogens (tertiary/aromatic N) is 1. The molecule has 0 aliphatic rings. The van der Waals surface area contributed by atoms with E-state index in [2.05, 4.69) is 5.32 Å². The number of aliphatic hydroxyl groups is 1. The van der Waals surface area contributed by atoms with E-state index in [1.807, 2.05) is 5.32 Å². The highest BCUT2D eigenvalue weighted by molar-refractivity contribution is 5.89. The number of carbonyl (C=O) groups excluding carboxylic acids is 3. The number of halogens is 2. The molecule has 3 N–H and O–H groups in total. The molecule has 0 saturated heterocycles. The first kappa shape index (κ1) is 27.7. The van der Waals surface area contributed by atoms with Gasteiger partial charge >= 0.3 is 12.0 Å². The molecule has 0 bridgehead atoms. The van der Waals surface area contributed by atoms with Crippen LogP contribution in [0.1, 0.15) is 25.0 Å². The van der Waals surface area contributed by atoms with Gasteiger partial charge in [0.1, 0.15) is 12.7 Å². The number of carbonyl (C=O) groups is 3. The van der Waals surface area contributed by atoms with Crippen LogP contribution in [-0.2, 0) is 27.4 Å². The molecule has 2 aromatic rings. The second kappa shape index (κ2) is 13.4. The number of amides is 3. The van der Waals surface area contributed by atoms with Gasteiger partial charge in [-0.3, -0.25) is 9.59 Å². The van der Waals surface area contributed by atoms with E-state index >= 15 is 0 Å². The van der Waals surface area contributed by atoms with Gasteiger partial charge in [-0.1, -0.05) is 60.7 Å². The maximum absolute atomic E-state index is 14.9. The summed E-state index contributed by atoms with van der Waals surface area (Å²) < 4.78 is 34.9. The highest BCUT2D eigenvalue weighted by atomic mass is 19.3. The maximum Gasteiger partial charge on any atom is 0.407 e. The van der Waals surface area contributed by atoms with Gasteiger partial charge in [-0.15, -0.1) is 0 Å². The number of benzene rings is 2. The minimum Gasteiger partial charge on any atom is -0.445 e. The Morgan fingerprint density at radius 1 is 0.971 bits per heavy atom. The summed E-state index contributed by atoms with van der Waals surface area (Å²) in [7, 11) is 0. The molecule has 0 heterocycles. The zero-order valence-corrected chi connectivity index (χ0v) is 19.7. The number of alkyl carbamates (subject to hydrolysis) is 1. The van der Waals surface area contributed by atoms with Gasteiger partial charge < -0.3 is 25.4 Å². The number of likely N-dealkylation sites (N-methyl/N-ethyl adjacent to an activating group) is 1. The van der Waals surface area contributed by atoms with Gasteiger partial charge in [-0.25, -0.2) is 4.79 Å². The number of hydrogen-bond donors (Lipinski definition) is 3. The molecule has 0 aromatic heterocycles. The zero-order chi connectivity index (χ0) is 25.8. The molecule has 0 saturated carbocycles. The summed E-state index contributed by atoms with van der Waals surface area (Å²) in [6, 6.07) is 15.5. The molecule has 8 nitrogen and oxygen atoms in total. The fraction of sp³-hybridized carbons (Fsp3) is 0.400. The molecule has 2 aromatic carbocycles. The van der Waals surface area contributed by atoms with E-state index in [9.17, 15) is 28.3 Å². The van der Waals surface area contributed by atoms with Gasteiger partial charge in [0.2, 0.25) is 5.91 Å². The van der Waals surface area contributed by atoms with Crippen LogP contribution >= 0.6 is 0 Å². The highest BCUT2D eigenvalue weighted by Gasteiger charge is 2.50. The van der Waals surface area contributed by atoms with Crippen LogP contribution in [-0.4, -0.2) is 65.6 Å². The van der Waals surface area contributed by atoms with Crippen LogP contribution in [0.4, 0.5) is 13.6 Å². The van der Waals surface area contributed by atoms with Crippen LogP contribution in [0.3, 0.4) is 0 Å². The molecular weight excluding hydrogens is 460 g/mol. The number of alkyl halides is 2. The maximum atomic E-state index is 14.9. The van der Waals surface area contributed by atoms with Crippen molar-refractivity contribution >= 4 is 17.9 Å². The van der Waals surface area contributed by atoms with Gasteiger partial charge in [0.15, 0.2) is 0 Å². The third kappa shape index (κ3) is 8.32. The Labute approximate surface area is 203 Å². The predicted molar refractivity (Wildman–Crippen MR) is 126 cm³/mol. The molecular formula is C25H31F2N3O5. The summed E-state index contributed by atoms with van der Waals surface area (Å²) in [6.07, 6.45) is -3.80. The lowest BCUT2D eigenvalue weighted by Crippen LogP contribution is -2.59. The summed E-state index contributed by atoms with van der Waals surface area (Å²) in [4.78, 5) is 38.0. The molecule has 0 aliphatic carbocycles. The normalized spacial score (nSPS) is 12.8. The fourth-order valence-corrected chi connectivity index (χ4v) is 3.37. The van der Waals surface area contributed by atoms with Crippen LogP contribution < -0.4 is 10.6 Å². The van der Waals surface area contributed by atoms with Crippen molar-refractivity contribution in [3.63, 3.8) is 0 Å². The van der Waals surface area contributed by atoms with Crippen LogP contribution in [0.2, 0.25) is 0 Å². The third-order valence-electron chi connectivity index (χ3n) is 5.39. The number of ether oxygens (including phenoxy) is 1. The van der Waals surface area contributed by atoms with Gasteiger partial charge in [0, 0.05) is 13.1 Å². The molecule has 2 unspecified atom stereocenters. The molecule has 0 aliphatic heterocycles. The summed E-state index contributed by atoms with van der Waals surface area (Å²) >= 11 is 0. The Balaban J connectivity index is 2.10. The average molecular weight is 492 g/mol. The lowest BCUT2D eigenvalue weighted by Gasteiger charge is -2.29. The molecule has 2 rings (SSSR count). The monoisotopic (exact) mass is 491 g/mol. The molecule has 10 heteroatoms. The Morgan fingerprint density at radius 3 is 2.06 bits per heavy atom. The van der Waals surface area contributed by atoms with Crippen molar-refractivity contribution in [3.8, 4) is 0 Å². The Bertz CT molecular complexity index is 956.